The van der Waals surface area contributed by atoms with E-state index < -0.39 is 15.9 Å². The molecule has 0 aromatic heterocycles. The number of aryl methyl sites for hydroxylation is 1. The van der Waals surface area contributed by atoms with E-state index in [0.29, 0.717) is 17.8 Å². The predicted molar refractivity (Wildman–Crippen MR) is 128 cm³/mol. The SMILES string of the molecule is Cc1cccc(C(=O)N2CCCC2)c1NC(=O)c1cccc(S(=O)(=O)N2CCCCC2C)c1. The van der Waals surface area contributed by atoms with Crippen LogP contribution in [0.5, 0.6) is 0 Å². The first-order chi connectivity index (χ1) is 15.8. The molecular weight excluding hydrogens is 438 g/mol. The number of hydrogen-bond acceptors (Lipinski definition) is 4. The first-order valence-electron chi connectivity index (χ1n) is 11.6. The van der Waals surface area contributed by atoms with E-state index in [1.807, 2.05) is 19.9 Å². The zero-order valence-corrected chi connectivity index (χ0v) is 20.0. The van der Waals surface area contributed by atoms with Crippen LogP contribution in [0.4, 0.5) is 5.69 Å². The highest BCUT2D eigenvalue weighted by Crippen LogP contribution is 2.27. The van der Waals surface area contributed by atoms with Crippen molar-refractivity contribution in [2.45, 2.75) is 56.9 Å². The minimum absolute atomic E-state index is 0.0626. The van der Waals surface area contributed by atoms with E-state index in [1.165, 1.54) is 16.4 Å². The number of piperidine rings is 1. The number of nitrogens with zero attached hydrogens (tertiary/aromatic N) is 2. The van der Waals surface area contributed by atoms with Gasteiger partial charge >= 0.3 is 0 Å². The van der Waals surface area contributed by atoms with Gasteiger partial charge in [0.2, 0.25) is 10.0 Å². The fourth-order valence-electron chi connectivity index (χ4n) is 4.65. The second-order valence-corrected chi connectivity index (χ2v) is 10.8. The van der Waals surface area contributed by atoms with Crippen LogP contribution in [0.1, 0.15) is 65.3 Å². The molecule has 2 aliphatic heterocycles. The number of benzene rings is 2. The lowest BCUT2D eigenvalue weighted by Crippen LogP contribution is -2.41. The monoisotopic (exact) mass is 469 g/mol. The van der Waals surface area contributed by atoms with Crippen LogP contribution in [0.15, 0.2) is 47.4 Å². The topological polar surface area (TPSA) is 86.8 Å². The Bertz CT molecular complexity index is 1160. The Labute approximate surface area is 195 Å². The van der Waals surface area contributed by atoms with E-state index in [9.17, 15) is 18.0 Å². The van der Waals surface area contributed by atoms with Crippen molar-refractivity contribution in [3.8, 4) is 0 Å². The summed E-state index contributed by atoms with van der Waals surface area (Å²) >= 11 is 0. The number of carbonyl (C=O) groups excluding carboxylic acids is 2. The van der Waals surface area contributed by atoms with Crippen molar-refractivity contribution in [2.24, 2.45) is 0 Å². The lowest BCUT2D eigenvalue weighted by Gasteiger charge is -2.32. The quantitative estimate of drug-likeness (QED) is 0.716. The van der Waals surface area contributed by atoms with Crippen LogP contribution in [0.2, 0.25) is 0 Å². The molecular formula is C25H31N3O4S. The molecule has 2 heterocycles. The first kappa shape index (κ1) is 23.4. The fraction of sp³-hybridized carbons (Fsp3) is 0.440. The van der Waals surface area contributed by atoms with Gasteiger partial charge in [-0.1, -0.05) is 24.6 Å². The summed E-state index contributed by atoms with van der Waals surface area (Å²) in [6, 6.07) is 11.4. The first-order valence-corrected chi connectivity index (χ1v) is 13.0. The van der Waals surface area contributed by atoms with E-state index in [0.717, 1.165) is 50.8 Å². The van der Waals surface area contributed by atoms with Gasteiger partial charge in [0, 0.05) is 31.2 Å². The molecule has 33 heavy (non-hydrogen) atoms. The third-order valence-corrected chi connectivity index (χ3v) is 8.59. The summed E-state index contributed by atoms with van der Waals surface area (Å²) in [6.07, 6.45) is 4.65. The largest absolute Gasteiger partial charge is 0.339 e. The van der Waals surface area contributed by atoms with Gasteiger partial charge in [-0.15, -0.1) is 0 Å². The molecule has 0 aliphatic carbocycles. The van der Waals surface area contributed by atoms with Crippen molar-refractivity contribution in [3.63, 3.8) is 0 Å². The van der Waals surface area contributed by atoms with Gasteiger partial charge in [-0.25, -0.2) is 8.42 Å². The highest BCUT2D eigenvalue weighted by molar-refractivity contribution is 7.89. The molecule has 2 amide bonds. The van der Waals surface area contributed by atoms with Crippen molar-refractivity contribution in [1.29, 1.82) is 0 Å². The molecule has 8 heteroatoms. The number of amides is 2. The Morgan fingerprint density at radius 3 is 2.39 bits per heavy atom. The zero-order chi connectivity index (χ0) is 23.6. The fourth-order valence-corrected chi connectivity index (χ4v) is 6.40. The van der Waals surface area contributed by atoms with Crippen LogP contribution in [0, 0.1) is 6.92 Å². The smallest absolute Gasteiger partial charge is 0.255 e. The predicted octanol–water partition coefficient (Wildman–Crippen LogP) is 4.05. The molecule has 176 valence electrons. The van der Waals surface area contributed by atoms with Gasteiger partial charge in [0.1, 0.15) is 0 Å². The average Bonchev–Trinajstić information content (AvgIpc) is 3.35. The van der Waals surface area contributed by atoms with Crippen LogP contribution in [-0.4, -0.2) is 55.1 Å². The molecule has 2 fully saturated rings. The Morgan fingerprint density at radius 2 is 1.67 bits per heavy atom. The second-order valence-electron chi connectivity index (χ2n) is 8.94. The molecule has 2 saturated heterocycles. The maximum atomic E-state index is 13.2. The molecule has 7 nitrogen and oxygen atoms in total. The molecule has 0 spiro atoms. The number of hydrogen-bond donors (Lipinski definition) is 1. The molecule has 0 radical (unpaired) electrons. The van der Waals surface area contributed by atoms with Gasteiger partial charge in [0.15, 0.2) is 0 Å². The average molecular weight is 470 g/mol. The number of sulfonamides is 1. The summed E-state index contributed by atoms with van der Waals surface area (Å²) in [4.78, 5) is 28.1. The van der Waals surface area contributed by atoms with E-state index >= 15 is 0 Å². The van der Waals surface area contributed by atoms with Gasteiger partial charge in [-0.05, 0) is 69.4 Å². The van der Waals surface area contributed by atoms with Crippen LogP contribution >= 0.6 is 0 Å². The highest BCUT2D eigenvalue weighted by atomic mass is 32.2. The Hall–Kier alpha value is -2.71. The molecule has 0 bridgehead atoms. The molecule has 1 unspecified atom stereocenters. The molecule has 2 aromatic rings. The summed E-state index contributed by atoms with van der Waals surface area (Å²) in [5.74, 6) is -0.537. The minimum Gasteiger partial charge on any atom is -0.339 e. The van der Waals surface area contributed by atoms with Gasteiger partial charge in [-0.3, -0.25) is 9.59 Å². The molecule has 1 N–H and O–H groups in total. The number of anilines is 1. The van der Waals surface area contributed by atoms with E-state index in [1.54, 1.807) is 29.2 Å². The van der Waals surface area contributed by atoms with Gasteiger partial charge in [-0.2, -0.15) is 4.31 Å². The summed E-state index contributed by atoms with van der Waals surface area (Å²) in [5.41, 5.74) is 1.94. The lowest BCUT2D eigenvalue weighted by atomic mass is 10.1. The number of carbonyl (C=O) groups is 2. The number of rotatable bonds is 5. The van der Waals surface area contributed by atoms with Crippen LogP contribution in [0.25, 0.3) is 0 Å². The van der Waals surface area contributed by atoms with Gasteiger partial charge in [0.05, 0.1) is 16.1 Å². The van der Waals surface area contributed by atoms with Crippen LogP contribution < -0.4 is 5.32 Å². The maximum Gasteiger partial charge on any atom is 0.255 e. The third kappa shape index (κ3) is 4.82. The van der Waals surface area contributed by atoms with Crippen molar-refractivity contribution in [1.82, 2.24) is 9.21 Å². The molecule has 2 aromatic carbocycles. The molecule has 4 rings (SSSR count). The maximum absolute atomic E-state index is 13.2. The third-order valence-electron chi connectivity index (χ3n) is 6.58. The Morgan fingerprint density at radius 1 is 0.970 bits per heavy atom. The molecule has 1 atom stereocenters. The normalized spacial score (nSPS) is 19.5. The standard InChI is InChI=1S/C25H31N3O4S/c1-18-9-7-13-22(25(30)27-14-5-6-15-27)23(18)26-24(29)20-11-8-12-21(17-20)33(31,32)28-16-4-3-10-19(28)2/h7-9,11-13,17,19H,3-6,10,14-16H2,1-2H3,(H,26,29). The minimum atomic E-state index is -3.69. The highest BCUT2D eigenvalue weighted by Gasteiger charge is 2.31. The van der Waals surface area contributed by atoms with Crippen LogP contribution in [-0.2, 0) is 10.0 Å². The van der Waals surface area contributed by atoms with Gasteiger partial charge in [0.25, 0.3) is 11.8 Å². The summed E-state index contributed by atoms with van der Waals surface area (Å²) in [5, 5.41) is 2.87. The zero-order valence-electron chi connectivity index (χ0n) is 19.2. The van der Waals surface area contributed by atoms with Crippen molar-refractivity contribution >= 4 is 27.5 Å². The lowest BCUT2D eigenvalue weighted by molar-refractivity contribution is 0.0793. The van der Waals surface area contributed by atoms with Crippen LogP contribution in [0.3, 0.4) is 0 Å². The van der Waals surface area contributed by atoms with Crippen molar-refractivity contribution < 1.29 is 18.0 Å². The van der Waals surface area contributed by atoms with E-state index in [2.05, 4.69) is 5.32 Å². The summed E-state index contributed by atoms with van der Waals surface area (Å²) in [7, 11) is -3.69. The number of likely N-dealkylation sites (tertiary alicyclic amines) is 1. The Balaban J connectivity index is 1.60. The van der Waals surface area contributed by atoms with Gasteiger partial charge < -0.3 is 10.2 Å². The summed E-state index contributed by atoms with van der Waals surface area (Å²) < 4.78 is 28.0. The summed E-state index contributed by atoms with van der Waals surface area (Å²) in [6.45, 7) is 5.69. The van der Waals surface area contributed by atoms with Crippen molar-refractivity contribution in [2.75, 3.05) is 25.0 Å². The molecule has 2 aliphatic rings. The van der Waals surface area contributed by atoms with E-state index in [4.69, 9.17) is 0 Å². The van der Waals surface area contributed by atoms with E-state index in [-0.39, 0.29) is 22.4 Å². The number of para-hydroxylation sites is 1. The van der Waals surface area contributed by atoms with Crippen molar-refractivity contribution in [3.05, 3.63) is 59.2 Å². The number of nitrogens with one attached hydrogen (secondary N) is 1. The Kier molecular flexibility index (Phi) is 6.86. The molecule has 0 saturated carbocycles. The second kappa shape index (κ2) is 9.65.